The monoisotopic (exact) mass is 601 g/mol. The third-order valence-corrected chi connectivity index (χ3v) is 8.45. The summed E-state index contributed by atoms with van der Waals surface area (Å²) in [7, 11) is 0. The van der Waals surface area contributed by atoms with Gasteiger partial charge in [0.05, 0.1) is 24.0 Å². The van der Waals surface area contributed by atoms with Gasteiger partial charge in [-0.25, -0.2) is 14.2 Å². The molecule has 0 bridgehead atoms. The van der Waals surface area contributed by atoms with Crippen LogP contribution in [0.25, 0.3) is 6.08 Å². The molecular weight excluding hydrogens is 569 g/mol. The van der Waals surface area contributed by atoms with Gasteiger partial charge >= 0.3 is 5.97 Å². The van der Waals surface area contributed by atoms with Crippen molar-refractivity contribution in [3.05, 3.63) is 118 Å². The second-order valence-electron chi connectivity index (χ2n) is 11.3. The lowest BCUT2D eigenvalue weighted by atomic mass is 9.88. The summed E-state index contributed by atoms with van der Waals surface area (Å²) in [5.74, 6) is -0.144. The number of benzene rings is 3. The molecule has 222 valence electrons. The Morgan fingerprint density at radius 2 is 1.91 bits per heavy atom. The third-order valence-electron chi connectivity index (χ3n) is 8.21. The molecule has 7 nitrogen and oxygen atoms in total. The fraction of sp³-hybridized carbons (Fsp3) is 0.294. The van der Waals surface area contributed by atoms with Gasteiger partial charge in [-0.05, 0) is 86.3 Å². The van der Waals surface area contributed by atoms with Crippen LogP contribution in [0, 0.1) is 12.7 Å². The first-order valence-corrected chi connectivity index (χ1v) is 14.8. The van der Waals surface area contributed by atoms with Crippen LogP contribution in [0.1, 0.15) is 59.5 Å². The lowest BCUT2D eigenvalue weighted by molar-refractivity contribution is -0.131. The van der Waals surface area contributed by atoms with Gasteiger partial charge in [-0.1, -0.05) is 41.9 Å². The summed E-state index contributed by atoms with van der Waals surface area (Å²) >= 11 is 6.22. The first-order valence-electron chi connectivity index (χ1n) is 14.4. The summed E-state index contributed by atoms with van der Waals surface area (Å²) in [6.07, 6.45) is 6.24. The van der Waals surface area contributed by atoms with Crippen LogP contribution in [0.15, 0.2) is 72.9 Å². The number of hydrogen-bond donors (Lipinski definition) is 1. The highest BCUT2D eigenvalue weighted by atomic mass is 35.5. The van der Waals surface area contributed by atoms with E-state index in [-0.39, 0.29) is 11.7 Å². The number of rotatable bonds is 8. The normalized spacial score (nSPS) is 18.9. The van der Waals surface area contributed by atoms with Crippen molar-refractivity contribution >= 4 is 23.6 Å². The molecular formula is C34H33ClFN3O4. The molecule has 0 aliphatic carbocycles. The van der Waals surface area contributed by atoms with Crippen molar-refractivity contribution in [1.82, 2.24) is 14.5 Å². The first-order chi connectivity index (χ1) is 20.7. The number of piperidine rings is 1. The number of ether oxygens (including phenoxy) is 2. The summed E-state index contributed by atoms with van der Waals surface area (Å²) in [5, 5.41) is 9.82. The summed E-state index contributed by atoms with van der Waals surface area (Å²) in [6, 6.07) is 18.7. The van der Waals surface area contributed by atoms with Crippen LogP contribution in [0.3, 0.4) is 0 Å². The van der Waals surface area contributed by atoms with Crippen LogP contribution >= 0.6 is 11.6 Å². The third kappa shape index (κ3) is 6.17. The van der Waals surface area contributed by atoms with Crippen molar-refractivity contribution in [3.63, 3.8) is 0 Å². The topological polar surface area (TPSA) is 76.8 Å². The molecule has 6 rings (SSSR count). The molecule has 2 aliphatic rings. The summed E-state index contributed by atoms with van der Waals surface area (Å²) in [4.78, 5) is 18.2. The van der Waals surface area contributed by atoms with Gasteiger partial charge < -0.3 is 19.1 Å². The number of aliphatic carboxylic acids is 1. The number of halogens is 2. The van der Waals surface area contributed by atoms with Crippen LogP contribution in [-0.4, -0.2) is 38.6 Å². The van der Waals surface area contributed by atoms with E-state index in [1.54, 1.807) is 25.3 Å². The molecule has 0 spiro atoms. The molecule has 1 saturated heterocycles. The maximum atomic E-state index is 14.9. The summed E-state index contributed by atoms with van der Waals surface area (Å²) < 4.78 is 29.5. The van der Waals surface area contributed by atoms with Crippen molar-refractivity contribution in [1.29, 1.82) is 0 Å². The molecule has 0 radical (unpaired) electrons. The Hall–Kier alpha value is -4.14. The number of carboxylic acid groups (broad SMARTS) is 1. The molecule has 3 aromatic carbocycles. The van der Waals surface area contributed by atoms with E-state index in [4.69, 9.17) is 21.1 Å². The second-order valence-corrected chi connectivity index (χ2v) is 11.8. The predicted octanol–water partition coefficient (Wildman–Crippen LogP) is 7.15. The number of aromatic nitrogens is 2. The minimum Gasteiger partial charge on any atom is -0.478 e. The fourth-order valence-corrected chi connectivity index (χ4v) is 6.23. The average Bonchev–Trinajstić information content (AvgIpc) is 3.52. The number of likely N-dealkylation sites (tertiary alicyclic amines) is 1. The number of fused-ring (bicyclic) bond motifs is 1. The number of para-hydroxylation sites is 1. The van der Waals surface area contributed by atoms with Crippen LogP contribution < -0.4 is 9.47 Å². The highest BCUT2D eigenvalue weighted by molar-refractivity contribution is 6.30. The number of imidazole rings is 1. The van der Waals surface area contributed by atoms with Gasteiger partial charge in [-0.2, -0.15) is 0 Å². The quantitative estimate of drug-likeness (QED) is 0.216. The van der Waals surface area contributed by atoms with Gasteiger partial charge in [-0.3, -0.25) is 4.90 Å². The van der Waals surface area contributed by atoms with Crippen molar-refractivity contribution in [2.75, 3.05) is 13.1 Å². The maximum Gasteiger partial charge on any atom is 0.328 e. The van der Waals surface area contributed by atoms with E-state index in [2.05, 4.69) is 16.0 Å². The highest BCUT2D eigenvalue weighted by Crippen LogP contribution is 2.49. The van der Waals surface area contributed by atoms with Gasteiger partial charge in [0.25, 0.3) is 5.79 Å². The molecule has 1 unspecified atom stereocenters. The van der Waals surface area contributed by atoms with Crippen LogP contribution in [0.5, 0.6) is 11.5 Å². The Kier molecular flexibility index (Phi) is 7.99. The van der Waals surface area contributed by atoms with Gasteiger partial charge in [0.1, 0.15) is 11.6 Å². The Bertz CT molecular complexity index is 1690. The molecule has 9 heteroatoms. The summed E-state index contributed by atoms with van der Waals surface area (Å²) in [5.41, 5.74) is 4.02. The van der Waals surface area contributed by atoms with Gasteiger partial charge in [0, 0.05) is 30.1 Å². The Morgan fingerprint density at radius 1 is 1.12 bits per heavy atom. The number of carbonyl (C=O) groups is 1. The first kappa shape index (κ1) is 29.0. The predicted molar refractivity (Wildman–Crippen MR) is 163 cm³/mol. The van der Waals surface area contributed by atoms with Crippen LogP contribution in [0.4, 0.5) is 4.39 Å². The lowest BCUT2D eigenvalue weighted by Crippen LogP contribution is -2.34. The standard InChI is InChI=1S/C34H33ClFN3O4/c1-22-9-11-28(29(36)17-22)34(2)42-30-8-4-7-27(33(30)43-34)24-13-15-38(16-14-24)21-31-37-19-26(10-12-32(40)41)39(31)20-23-5-3-6-25(35)18-23/h3-12,17-19,24H,13-16,20-21H2,1-2H3,(H,40,41)/b12-10+. The smallest absolute Gasteiger partial charge is 0.328 e. The van der Waals surface area contributed by atoms with Crippen molar-refractivity contribution < 1.29 is 23.8 Å². The number of aryl methyl sites for hydroxylation is 1. The van der Waals surface area contributed by atoms with Crippen LogP contribution in [-0.2, 0) is 23.7 Å². The largest absolute Gasteiger partial charge is 0.478 e. The van der Waals surface area contributed by atoms with Gasteiger partial charge in [-0.15, -0.1) is 0 Å². The van der Waals surface area contributed by atoms with E-state index in [0.29, 0.717) is 35.2 Å². The van der Waals surface area contributed by atoms with E-state index in [1.165, 1.54) is 6.07 Å². The number of carboxylic acids is 1. The van der Waals surface area contributed by atoms with E-state index in [1.807, 2.05) is 54.0 Å². The molecule has 2 aliphatic heterocycles. The van der Waals surface area contributed by atoms with Crippen molar-refractivity contribution in [2.24, 2.45) is 0 Å². The molecule has 3 heterocycles. The second kappa shape index (κ2) is 11.9. The zero-order chi connectivity index (χ0) is 30.1. The number of nitrogens with zero attached hydrogens (tertiary/aromatic N) is 3. The number of hydrogen-bond acceptors (Lipinski definition) is 5. The van der Waals surface area contributed by atoms with Crippen molar-refractivity contribution in [2.45, 2.75) is 51.5 Å². The lowest BCUT2D eigenvalue weighted by Gasteiger charge is -2.32. The molecule has 1 aromatic heterocycles. The van der Waals surface area contributed by atoms with E-state index in [0.717, 1.165) is 60.2 Å². The zero-order valence-electron chi connectivity index (χ0n) is 24.1. The fourth-order valence-electron chi connectivity index (χ4n) is 6.02. The molecule has 4 aromatic rings. The maximum absolute atomic E-state index is 14.9. The van der Waals surface area contributed by atoms with Crippen molar-refractivity contribution in [3.8, 4) is 11.5 Å². The van der Waals surface area contributed by atoms with Crippen LogP contribution in [0.2, 0.25) is 5.02 Å². The van der Waals surface area contributed by atoms with E-state index in [9.17, 15) is 14.3 Å². The molecule has 1 fully saturated rings. The molecule has 0 saturated carbocycles. The Morgan fingerprint density at radius 3 is 2.65 bits per heavy atom. The summed E-state index contributed by atoms with van der Waals surface area (Å²) in [6.45, 7) is 6.48. The van der Waals surface area contributed by atoms with Gasteiger partial charge in [0.15, 0.2) is 11.5 Å². The Labute approximate surface area is 255 Å². The Balaban J connectivity index is 1.16. The van der Waals surface area contributed by atoms with E-state index >= 15 is 0 Å². The van der Waals surface area contributed by atoms with Gasteiger partial charge in [0.2, 0.25) is 0 Å². The minimum atomic E-state index is -1.23. The SMILES string of the molecule is Cc1ccc(C2(C)Oc3cccc(C4CCN(Cc5ncc(/C=C/C(=O)O)n5Cc5cccc(Cl)c5)CC4)c3O2)c(F)c1. The minimum absolute atomic E-state index is 0.264. The molecule has 1 atom stereocenters. The molecule has 1 N–H and O–H groups in total. The molecule has 0 amide bonds. The van der Waals surface area contributed by atoms with E-state index < -0.39 is 11.8 Å². The zero-order valence-corrected chi connectivity index (χ0v) is 24.9. The average molecular weight is 602 g/mol. The molecule has 43 heavy (non-hydrogen) atoms. The highest BCUT2D eigenvalue weighted by Gasteiger charge is 2.42.